The molecule has 2 atom stereocenters. The van der Waals surface area contributed by atoms with Crippen LogP contribution < -0.4 is 0 Å². The van der Waals surface area contributed by atoms with Crippen molar-refractivity contribution in [3.8, 4) is 11.1 Å². The van der Waals surface area contributed by atoms with Crippen LogP contribution in [0.4, 0.5) is 4.39 Å². The molecule has 5 rings (SSSR count). The Morgan fingerprint density at radius 2 is 1.97 bits per heavy atom. The quantitative estimate of drug-likeness (QED) is 0.332. The normalized spacial score (nSPS) is 15.9. The molecule has 3 heterocycles. The first-order valence-electron chi connectivity index (χ1n) is 11.8. The first kappa shape index (κ1) is 23.5. The van der Waals surface area contributed by atoms with Gasteiger partial charge in [-0.05, 0) is 61.4 Å². The summed E-state index contributed by atoms with van der Waals surface area (Å²) in [6.07, 6.45) is 2.12. The molecule has 1 aliphatic heterocycles. The molecule has 0 spiro atoms. The lowest BCUT2D eigenvalue weighted by Crippen LogP contribution is -2.09. The van der Waals surface area contributed by atoms with Gasteiger partial charge in [0.05, 0.1) is 11.4 Å². The predicted octanol–water partition coefficient (Wildman–Crippen LogP) is 5.86. The monoisotopic (exact) mass is 483 g/mol. The highest BCUT2D eigenvalue weighted by Gasteiger charge is 2.26. The van der Waals surface area contributed by atoms with E-state index < -0.39 is 0 Å². The first-order valence-corrected chi connectivity index (χ1v) is 11.8. The number of benzene rings is 2. The van der Waals surface area contributed by atoms with Crippen molar-refractivity contribution >= 4 is 11.5 Å². The van der Waals surface area contributed by atoms with Crippen molar-refractivity contribution in [2.24, 2.45) is 5.16 Å². The number of carbonyl (C=O) groups is 1. The fraction of sp³-hybridized carbons (Fsp3) is 0.250. The van der Waals surface area contributed by atoms with Crippen LogP contribution in [0, 0.1) is 19.7 Å². The summed E-state index contributed by atoms with van der Waals surface area (Å²) in [5, 5.41) is 11.3. The highest BCUT2D eigenvalue weighted by Crippen LogP contribution is 2.32. The van der Waals surface area contributed by atoms with Gasteiger partial charge in [0.25, 0.3) is 0 Å². The molecule has 0 bridgehead atoms. The smallest absolute Gasteiger partial charge is 0.174 e. The van der Waals surface area contributed by atoms with Crippen molar-refractivity contribution in [3.63, 3.8) is 0 Å². The maximum absolute atomic E-state index is 14.9. The van der Waals surface area contributed by atoms with Crippen molar-refractivity contribution in [1.82, 2.24) is 20.2 Å². The fourth-order valence-electron chi connectivity index (χ4n) is 4.31. The van der Waals surface area contributed by atoms with Gasteiger partial charge in [-0.25, -0.2) is 9.37 Å². The number of oxime groups is 1. The van der Waals surface area contributed by atoms with E-state index in [1.54, 1.807) is 24.4 Å². The molecule has 0 saturated heterocycles. The minimum absolute atomic E-state index is 0.0821. The van der Waals surface area contributed by atoms with E-state index in [0.717, 1.165) is 16.8 Å². The number of nitrogens with zero attached hydrogens (tertiary/aromatic N) is 4. The summed E-state index contributed by atoms with van der Waals surface area (Å²) in [6.45, 7) is 5.57. The van der Waals surface area contributed by atoms with Gasteiger partial charge in [0.2, 0.25) is 0 Å². The topological polar surface area (TPSA) is 93.1 Å². The number of carbonyl (C=O) groups excluding carboxylic acids is 1. The van der Waals surface area contributed by atoms with E-state index in [-0.39, 0.29) is 30.0 Å². The number of pyridine rings is 1. The maximum atomic E-state index is 14.9. The second-order valence-corrected chi connectivity index (χ2v) is 9.18. The van der Waals surface area contributed by atoms with Crippen LogP contribution in [0.2, 0.25) is 0 Å². The van der Waals surface area contributed by atoms with Gasteiger partial charge in [-0.1, -0.05) is 30.3 Å². The molecular formula is C28H26FN5O2. The van der Waals surface area contributed by atoms with Crippen LogP contribution >= 0.6 is 0 Å². The molecule has 182 valence electrons. The summed E-state index contributed by atoms with van der Waals surface area (Å²) in [5.74, 6) is 0.692. The number of halogens is 1. The average molecular weight is 484 g/mol. The van der Waals surface area contributed by atoms with Gasteiger partial charge in [-0.2, -0.15) is 5.10 Å². The van der Waals surface area contributed by atoms with E-state index in [1.807, 2.05) is 51.1 Å². The van der Waals surface area contributed by atoms with Crippen LogP contribution in [0.3, 0.4) is 0 Å². The molecule has 0 radical (unpaired) electrons. The molecule has 0 amide bonds. The van der Waals surface area contributed by atoms with Gasteiger partial charge >= 0.3 is 0 Å². The Morgan fingerprint density at radius 3 is 2.69 bits per heavy atom. The maximum Gasteiger partial charge on any atom is 0.174 e. The highest BCUT2D eigenvalue weighted by atomic mass is 19.1. The van der Waals surface area contributed by atoms with E-state index in [9.17, 15) is 9.18 Å². The summed E-state index contributed by atoms with van der Waals surface area (Å²) >= 11 is 0. The SMILES string of the molecule is Cc1ccc(-c2cc(C(=O)CC(C)c3n[nH]c(C)n3)cc(C3=NOC(c4ccccn4)C3)c2)c(F)c1. The van der Waals surface area contributed by atoms with Crippen molar-refractivity contribution in [1.29, 1.82) is 0 Å². The highest BCUT2D eigenvalue weighted by molar-refractivity contribution is 6.06. The Labute approximate surface area is 208 Å². The van der Waals surface area contributed by atoms with Crippen molar-refractivity contribution in [3.05, 3.63) is 101 Å². The van der Waals surface area contributed by atoms with Crippen LogP contribution in [0.5, 0.6) is 0 Å². The van der Waals surface area contributed by atoms with Crippen LogP contribution in [0.15, 0.2) is 65.9 Å². The molecule has 0 aliphatic carbocycles. The third kappa shape index (κ3) is 4.93. The number of ketones is 1. The largest absolute Gasteiger partial charge is 0.385 e. The lowest BCUT2D eigenvalue weighted by Gasteiger charge is -2.12. The van der Waals surface area contributed by atoms with Gasteiger partial charge in [-0.3, -0.25) is 14.9 Å². The summed E-state index contributed by atoms with van der Waals surface area (Å²) in [4.78, 5) is 27.7. The van der Waals surface area contributed by atoms with Crippen LogP contribution in [0.1, 0.15) is 70.6 Å². The van der Waals surface area contributed by atoms with Crippen molar-refractivity contribution < 1.29 is 14.0 Å². The number of aryl methyl sites for hydroxylation is 2. The number of rotatable bonds is 7. The Bertz CT molecular complexity index is 1450. The Hall–Kier alpha value is -4.20. The molecule has 0 saturated carbocycles. The predicted molar refractivity (Wildman–Crippen MR) is 134 cm³/mol. The van der Waals surface area contributed by atoms with Gasteiger partial charge in [0, 0.05) is 41.6 Å². The summed E-state index contributed by atoms with van der Waals surface area (Å²) in [6, 6.07) is 16.1. The second-order valence-electron chi connectivity index (χ2n) is 9.18. The molecule has 0 fully saturated rings. The third-order valence-corrected chi connectivity index (χ3v) is 6.26. The van der Waals surface area contributed by atoms with E-state index in [2.05, 4.69) is 25.3 Å². The summed E-state index contributed by atoms with van der Waals surface area (Å²) in [7, 11) is 0. The molecule has 8 heteroatoms. The van der Waals surface area contributed by atoms with Crippen LogP contribution in [-0.2, 0) is 4.84 Å². The Kier molecular flexibility index (Phi) is 6.41. The number of nitrogens with one attached hydrogen (secondary N) is 1. The minimum Gasteiger partial charge on any atom is -0.385 e. The molecule has 1 N–H and O–H groups in total. The molecule has 4 aromatic rings. The summed E-state index contributed by atoms with van der Waals surface area (Å²) in [5.41, 5.74) is 4.52. The second kappa shape index (κ2) is 9.81. The molecule has 2 aromatic carbocycles. The molecule has 36 heavy (non-hydrogen) atoms. The number of aromatic amines is 1. The van der Waals surface area contributed by atoms with Crippen molar-refractivity contribution in [2.45, 2.75) is 45.6 Å². The van der Waals surface area contributed by atoms with Crippen molar-refractivity contribution in [2.75, 3.05) is 0 Å². The first-order chi connectivity index (χ1) is 17.4. The van der Waals surface area contributed by atoms with Gasteiger partial charge < -0.3 is 4.84 Å². The molecular weight excluding hydrogens is 457 g/mol. The fourth-order valence-corrected chi connectivity index (χ4v) is 4.31. The van der Waals surface area contributed by atoms with Crippen LogP contribution in [-0.4, -0.2) is 31.7 Å². The summed E-state index contributed by atoms with van der Waals surface area (Å²) < 4.78 is 14.9. The molecule has 7 nitrogen and oxygen atoms in total. The Balaban J connectivity index is 1.49. The lowest BCUT2D eigenvalue weighted by atomic mass is 9.91. The molecule has 2 unspecified atom stereocenters. The number of H-pyrrole nitrogens is 1. The number of hydrogen-bond acceptors (Lipinski definition) is 6. The Morgan fingerprint density at radius 1 is 1.14 bits per heavy atom. The zero-order valence-corrected chi connectivity index (χ0v) is 20.3. The molecule has 2 aromatic heterocycles. The minimum atomic E-state index is -0.342. The standard InChI is InChI=1S/C28H26FN5O2/c1-16-7-8-22(23(29)10-16)19-12-20(25-15-27(36-34-25)24-6-4-5-9-30-24)14-21(13-19)26(35)11-17(2)28-31-18(3)32-33-28/h4-10,12-14,17,27H,11,15H2,1-3H3,(H,31,32,33). The van der Waals surface area contributed by atoms with E-state index >= 15 is 0 Å². The van der Waals surface area contributed by atoms with E-state index in [0.29, 0.717) is 40.5 Å². The van der Waals surface area contributed by atoms with Gasteiger partial charge in [-0.15, -0.1) is 0 Å². The number of aromatic nitrogens is 4. The van der Waals surface area contributed by atoms with Gasteiger partial charge in [0.15, 0.2) is 17.7 Å². The lowest BCUT2D eigenvalue weighted by molar-refractivity contribution is 0.0826. The molecule has 1 aliphatic rings. The van der Waals surface area contributed by atoms with E-state index in [1.165, 1.54) is 6.07 Å². The number of hydrogen-bond donors (Lipinski definition) is 1. The van der Waals surface area contributed by atoms with Gasteiger partial charge in [0.1, 0.15) is 11.6 Å². The van der Waals surface area contributed by atoms with E-state index in [4.69, 9.17) is 4.84 Å². The zero-order chi connectivity index (χ0) is 25.2. The third-order valence-electron chi connectivity index (χ3n) is 6.26. The average Bonchev–Trinajstić information content (AvgIpc) is 3.54. The zero-order valence-electron chi connectivity index (χ0n) is 20.3. The number of Topliss-reactive ketones (excluding diaryl/α,β-unsaturated/α-hetero) is 1. The van der Waals surface area contributed by atoms with Crippen LogP contribution in [0.25, 0.3) is 11.1 Å².